The fraction of sp³-hybridized carbons (Fsp3) is 0.381. The minimum atomic E-state index is -0.686. The van der Waals surface area contributed by atoms with Gasteiger partial charge in [-0.2, -0.15) is 0 Å². The van der Waals surface area contributed by atoms with Crippen LogP contribution in [0.1, 0.15) is 55.8 Å². The number of aromatic nitrogens is 1. The normalized spacial score (nSPS) is 12.8. The zero-order chi connectivity index (χ0) is 21.0. The molecule has 1 aromatic heterocycles. The van der Waals surface area contributed by atoms with Gasteiger partial charge in [0, 0.05) is 17.7 Å². The molecule has 0 aliphatic carbocycles. The number of nitrogens with one attached hydrogen (secondary N) is 1. The summed E-state index contributed by atoms with van der Waals surface area (Å²) in [6.07, 6.45) is 0.763. The van der Waals surface area contributed by atoms with Crippen molar-refractivity contribution >= 4 is 17.7 Å². The molecule has 3 rings (SSSR count). The molecule has 1 aliphatic heterocycles. The van der Waals surface area contributed by atoms with E-state index in [0.717, 1.165) is 6.42 Å². The molecule has 8 nitrogen and oxygen atoms in total. The van der Waals surface area contributed by atoms with Gasteiger partial charge in [-0.15, -0.1) is 0 Å². The van der Waals surface area contributed by atoms with Crippen molar-refractivity contribution in [3.63, 3.8) is 0 Å². The molecule has 0 atom stereocenters. The lowest BCUT2D eigenvalue weighted by molar-refractivity contribution is 0.0473. The molecule has 0 unspecified atom stereocenters. The Bertz CT molecular complexity index is 945. The molecule has 1 aromatic carbocycles. The highest BCUT2D eigenvalue weighted by molar-refractivity contribution is 6.02. The van der Waals surface area contributed by atoms with E-state index in [4.69, 9.17) is 18.9 Å². The van der Waals surface area contributed by atoms with Crippen LogP contribution in [0.4, 0.5) is 0 Å². The summed E-state index contributed by atoms with van der Waals surface area (Å²) in [5.74, 6) is -0.521. The second-order valence-corrected chi connectivity index (χ2v) is 6.56. The number of ketones is 1. The van der Waals surface area contributed by atoms with Gasteiger partial charge in [-0.3, -0.25) is 4.79 Å². The smallest absolute Gasteiger partial charge is 0.355 e. The Kier molecular flexibility index (Phi) is 6.21. The Morgan fingerprint density at radius 2 is 1.76 bits per heavy atom. The van der Waals surface area contributed by atoms with E-state index >= 15 is 0 Å². The lowest BCUT2D eigenvalue weighted by atomic mass is 10.1. The van der Waals surface area contributed by atoms with E-state index in [-0.39, 0.29) is 23.6 Å². The zero-order valence-corrected chi connectivity index (χ0v) is 16.6. The topological polar surface area (TPSA) is 104 Å². The molecule has 0 amide bonds. The molecule has 8 heteroatoms. The van der Waals surface area contributed by atoms with Crippen molar-refractivity contribution in [2.45, 2.75) is 27.2 Å². The lowest BCUT2D eigenvalue weighted by Crippen LogP contribution is -2.15. The molecule has 0 radical (unpaired) electrons. The van der Waals surface area contributed by atoms with E-state index in [2.05, 4.69) is 4.98 Å². The summed E-state index contributed by atoms with van der Waals surface area (Å²) in [6, 6.07) is 4.86. The number of carbonyl (C=O) groups excluding carboxylic acids is 3. The van der Waals surface area contributed by atoms with Crippen molar-refractivity contribution in [2.24, 2.45) is 0 Å². The monoisotopic (exact) mass is 401 g/mol. The van der Waals surface area contributed by atoms with Crippen LogP contribution in [-0.2, 0) is 9.47 Å². The van der Waals surface area contributed by atoms with Crippen LogP contribution in [0.2, 0.25) is 0 Å². The molecule has 0 saturated heterocycles. The average molecular weight is 401 g/mol. The lowest BCUT2D eigenvalue weighted by Gasteiger charge is -2.09. The molecule has 0 spiro atoms. The summed E-state index contributed by atoms with van der Waals surface area (Å²) in [5, 5.41) is 0. The number of ether oxygens (including phenoxy) is 4. The fourth-order valence-electron chi connectivity index (χ4n) is 3.09. The van der Waals surface area contributed by atoms with Gasteiger partial charge in [0.2, 0.25) is 0 Å². The third-order valence-corrected chi connectivity index (χ3v) is 4.53. The number of carbonyl (C=O) groups is 3. The van der Waals surface area contributed by atoms with E-state index in [1.54, 1.807) is 39.0 Å². The molecular weight excluding hydrogens is 378 g/mol. The number of benzene rings is 1. The summed E-state index contributed by atoms with van der Waals surface area (Å²) < 4.78 is 21.3. The first-order chi connectivity index (χ1) is 13.9. The number of aryl methyl sites for hydroxylation is 1. The van der Waals surface area contributed by atoms with Crippen LogP contribution >= 0.6 is 0 Å². The maximum atomic E-state index is 12.5. The van der Waals surface area contributed by atoms with Crippen LogP contribution in [0.25, 0.3) is 0 Å². The SMILES string of the molecule is CCOC(=O)c1[nH]c(C)c(C(=O)OCC(=O)c2ccc3c(c2)OCCCO3)c1C. The quantitative estimate of drug-likeness (QED) is 0.586. The number of Topliss-reactive ketones (excluding diaryl/α,β-unsaturated/α-hetero) is 1. The summed E-state index contributed by atoms with van der Waals surface area (Å²) >= 11 is 0. The third kappa shape index (κ3) is 4.42. The highest BCUT2D eigenvalue weighted by Gasteiger charge is 2.24. The predicted molar refractivity (Wildman–Crippen MR) is 103 cm³/mol. The molecule has 154 valence electrons. The van der Waals surface area contributed by atoms with Gasteiger partial charge in [0.1, 0.15) is 5.69 Å². The maximum Gasteiger partial charge on any atom is 0.355 e. The number of H-pyrrole nitrogens is 1. The van der Waals surface area contributed by atoms with Crippen LogP contribution < -0.4 is 9.47 Å². The summed E-state index contributed by atoms with van der Waals surface area (Å²) in [6.45, 7) is 5.83. The maximum absolute atomic E-state index is 12.5. The molecule has 0 fully saturated rings. The van der Waals surface area contributed by atoms with Crippen molar-refractivity contribution in [2.75, 3.05) is 26.4 Å². The van der Waals surface area contributed by atoms with Gasteiger partial charge >= 0.3 is 11.9 Å². The predicted octanol–water partition coefficient (Wildman–Crippen LogP) is 3.01. The van der Waals surface area contributed by atoms with Gasteiger partial charge < -0.3 is 23.9 Å². The number of aromatic amines is 1. The van der Waals surface area contributed by atoms with E-state index < -0.39 is 18.5 Å². The van der Waals surface area contributed by atoms with Crippen LogP contribution in [0, 0.1) is 13.8 Å². The molecule has 2 heterocycles. The van der Waals surface area contributed by atoms with Crippen molar-refractivity contribution in [1.82, 2.24) is 4.98 Å². The standard InChI is InChI=1S/C21H23NO7/c1-4-26-21(25)19-12(2)18(13(3)22-19)20(24)29-11-15(23)14-6-7-16-17(10-14)28-9-5-8-27-16/h6-7,10,22H,4-5,8-9,11H2,1-3H3. The summed E-state index contributed by atoms with van der Waals surface area (Å²) in [4.78, 5) is 39.8. The number of esters is 2. The van der Waals surface area contributed by atoms with Crippen LogP contribution in [0.3, 0.4) is 0 Å². The van der Waals surface area contributed by atoms with Crippen molar-refractivity contribution < 1.29 is 33.3 Å². The van der Waals surface area contributed by atoms with Crippen LogP contribution in [-0.4, -0.2) is 49.1 Å². The Balaban J connectivity index is 1.69. The minimum Gasteiger partial charge on any atom is -0.490 e. The molecule has 1 aliphatic rings. The number of fused-ring (bicyclic) bond motifs is 1. The van der Waals surface area contributed by atoms with Gasteiger partial charge in [-0.25, -0.2) is 9.59 Å². The summed E-state index contributed by atoms with van der Waals surface area (Å²) in [7, 11) is 0. The minimum absolute atomic E-state index is 0.200. The van der Waals surface area contributed by atoms with Gasteiger partial charge in [-0.1, -0.05) is 0 Å². The van der Waals surface area contributed by atoms with Gasteiger partial charge in [0.15, 0.2) is 23.9 Å². The Hall–Kier alpha value is -3.29. The fourth-order valence-corrected chi connectivity index (χ4v) is 3.09. The van der Waals surface area contributed by atoms with E-state index in [1.165, 1.54) is 0 Å². The van der Waals surface area contributed by atoms with E-state index in [1.807, 2.05) is 0 Å². The summed E-state index contributed by atoms with van der Waals surface area (Å²) in [5.41, 5.74) is 1.68. The van der Waals surface area contributed by atoms with Gasteiger partial charge in [-0.05, 0) is 44.5 Å². The van der Waals surface area contributed by atoms with Gasteiger partial charge in [0.25, 0.3) is 0 Å². The second-order valence-electron chi connectivity index (χ2n) is 6.56. The first-order valence-electron chi connectivity index (χ1n) is 9.38. The Morgan fingerprint density at radius 1 is 1.03 bits per heavy atom. The number of hydrogen-bond acceptors (Lipinski definition) is 7. The van der Waals surface area contributed by atoms with E-state index in [0.29, 0.717) is 41.5 Å². The molecule has 29 heavy (non-hydrogen) atoms. The molecule has 0 saturated carbocycles. The second kappa shape index (κ2) is 8.81. The first-order valence-corrected chi connectivity index (χ1v) is 9.38. The average Bonchev–Trinajstić information content (AvgIpc) is 2.86. The highest BCUT2D eigenvalue weighted by Crippen LogP contribution is 2.30. The zero-order valence-electron chi connectivity index (χ0n) is 16.6. The largest absolute Gasteiger partial charge is 0.490 e. The Labute approximate surface area is 168 Å². The molecule has 1 N–H and O–H groups in total. The first kappa shape index (κ1) is 20.4. The Morgan fingerprint density at radius 3 is 2.48 bits per heavy atom. The van der Waals surface area contributed by atoms with Gasteiger partial charge in [0.05, 0.1) is 25.4 Å². The number of rotatable bonds is 6. The van der Waals surface area contributed by atoms with Crippen LogP contribution in [0.15, 0.2) is 18.2 Å². The third-order valence-electron chi connectivity index (χ3n) is 4.53. The highest BCUT2D eigenvalue weighted by atomic mass is 16.5. The van der Waals surface area contributed by atoms with E-state index in [9.17, 15) is 14.4 Å². The molecular formula is C21H23NO7. The number of hydrogen-bond donors (Lipinski definition) is 1. The van der Waals surface area contributed by atoms with Crippen molar-refractivity contribution in [3.8, 4) is 11.5 Å². The molecule has 2 aromatic rings. The van der Waals surface area contributed by atoms with Crippen molar-refractivity contribution in [1.29, 1.82) is 0 Å². The molecule has 0 bridgehead atoms. The van der Waals surface area contributed by atoms with Crippen molar-refractivity contribution in [3.05, 3.63) is 46.3 Å². The van der Waals surface area contributed by atoms with Crippen LogP contribution in [0.5, 0.6) is 11.5 Å².